The van der Waals surface area contributed by atoms with Crippen molar-refractivity contribution >= 4 is 64.9 Å². The van der Waals surface area contributed by atoms with Gasteiger partial charge in [-0.1, -0.05) is 146 Å². The van der Waals surface area contributed by atoms with Gasteiger partial charge < -0.3 is 4.57 Å². The minimum atomic E-state index is 0.638. The first-order valence-electron chi connectivity index (χ1n) is 17.3. The minimum absolute atomic E-state index is 0.638. The third-order valence-corrected chi connectivity index (χ3v) is 10.3. The molecule has 0 unspecified atom stereocenters. The van der Waals surface area contributed by atoms with Gasteiger partial charge in [-0.3, -0.25) is 0 Å². The molecule has 11 rings (SSSR count). The second kappa shape index (κ2) is 10.8. The van der Waals surface area contributed by atoms with Gasteiger partial charge in [0.05, 0.1) is 16.7 Å². The summed E-state index contributed by atoms with van der Waals surface area (Å²) in [6.45, 7) is 0. The largest absolute Gasteiger partial charge is 0.309 e. The molecule has 2 aromatic heterocycles. The van der Waals surface area contributed by atoms with Crippen LogP contribution in [-0.2, 0) is 0 Å². The third-order valence-electron chi connectivity index (χ3n) is 10.3. The molecule has 51 heavy (non-hydrogen) atoms. The maximum atomic E-state index is 5.13. The van der Waals surface area contributed by atoms with Gasteiger partial charge in [0.15, 0.2) is 17.5 Å². The molecule has 0 fully saturated rings. The smallest absolute Gasteiger partial charge is 0.164 e. The van der Waals surface area contributed by atoms with Gasteiger partial charge >= 0.3 is 0 Å². The Balaban J connectivity index is 1.27. The highest BCUT2D eigenvalue weighted by atomic mass is 15.0. The second-order valence-electron chi connectivity index (χ2n) is 13.2. The van der Waals surface area contributed by atoms with Gasteiger partial charge in [-0.25, -0.2) is 15.0 Å². The normalized spacial score (nSPS) is 11.9. The Kier molecular flexibility index (Phi) is 5.92. The van der Waals surface area contributed by atoms with E-state index in [9.17, 15) is 0 Å². The fourth-order valence-electron chi connectivity index (χ4n) is 8.12. The molecule has 4 nitrogen and oxygen atoms in total. The van der Waals surface area contributed by atoms with Gasteiger partial charge in [-0.05, 0) is 56.6 Å². The lowest BCUT2D eigenvalue weighted by Crippen LogP contribution is -2.01. The summed E-state index contributed by atoms with van der Waals surface area (Å²) in [5.41, 5.74) is 6.30. The van der Waals surface area contributed by atoms with Crippen LogP contribution in [-0.4, -0.2) is 19.5 Å². The number of benzene rings is 9. The predicted molar refractivity (Wildman–Crippen MR) is 212 cm³/mol. The van der Waals surface area contributed by atoms with Crippen LogP contribution in [0.2, 0.25) is 0 Å². The van der Waals surface area contributed by atoms with E-state index in [2.05, 4.69) is 138 Å². The molecule has 0 amide bonds. The monoisotopic (exact) mass is 648 g/mol. The Morgan fingerprint density at radius 1 is 0.314 bits per heavy atom. The highest BCUT2D eigenvalue weighted by Crippen LogP contribution is 2.47. The topological polar surface area (TPSA) is 43.6 Å². The van der Waals surface area contributed by atoms with Crippen LogP contribution in [0, 0.1) is 0 Å². The van der Waals surface area contributed by atoms with Crippen molar-refractivity contribution in [1.29, 1.82) is 0 Å². The van der Waals surface area contributed by atoms with E-state index in [0.29, 0.717) is 17.5 Å². The lowest BCUT2D eigenvalue weighted by Gasteiger charge is -2.15. The summed E-state index contributed by atoms with van der Waals surface area (Å²) in [6.07, 6.45) is 0. The zero-order valence-electron chi connectivity index (χ0n) is 27.5. The molecule has 4 heteroatoms. The minimum Gasteiger partial charge on any atom is -0.309 e. The average Bonchev–Trinajstić information content (AvgIpc) is 3.54. The van der Waals surface area contributed by atoms with Crippen molar-refractivity contribution in [1.82, 2.24) is 19.5 Å². The quantitative estimate of drug-likeness (QED) is 0.178. The Bertz CT molecular complexity index is 3060. The van der Waals surface area contributed by atoms with E-state index in [0.717, 1.165) is 33.2 Å². The Morgan fingerprint density at radius 3 is 1.51 bits per heavy atom. The summed E-state index contributed by atoms with van der Waals surface area (Å²) >= 11 is 0. The molecule has 0 atom stereocenters. The van der Waals surface area contributed by atoms with Gasteiger partial charge in [0.1, 0.15) is 0 Å². The molecule has 0 saturated carbocycles. The first-order valence-corrected chi connectivity index (χ1v) is 17.3. The molecule has 11 aromatic rings. The predicted octanol–water partition coefficient (Wildman–Crippen LogP) is 12.0. The Morgan fingerprint density at radius 2 is 0.824 bits per heavy atom. The number of hydrogen-bond acceptors (Lipinski definition) is 3. The molecule has 0 N–H and O–H groups in total. The number of fused-ring (bicyclic) bond motifs is 6. The number of rotatable bonds is 4. The van der Waals surface area contributed by atoms with Crippen LogP contribution < -0.4 is 0 Å². The summed E-state index contributed by atoms with van der Waals surface area (Å²) in [6, 6.07) is 60.2. The standard InChI is InChI=1S/C47H28N4/c1-3-14-29(15-4-1)45-48-46(30-16-5-2-6-17-30)50-47(49-45)33-26-31-18-7-9-20-34(31)40(28-33)51-39-25-13-24-38-36-22-11-12-23-37(36)42-35-21-10-8-19-32(35)27-41(51)44(42)43(38)39/h1-28H. The van der Waals surface area contributed by atoms with Crippen LogP contribution in [0.5, 0.6) is 0 Å². The van der Waals surface area contributed by atoms with Crippen molar-refractivity contribution < 1.29 is 0 Å². The molecule has 0 aliphatic heterocycles. The summed E-state index contributed by atoms with van der Waals surface area (Å²) < 4.78 is 2.47. The van der Waals surface area contributed by atoms with Crippen LogP contribution in [0.25, 0.3) is 105 Å². The van der Waals surface area contributed by atoms with E-state index >= 15 is 0 Å². The van der Waals surface area contributed by atoms with E-state index < -0.39 is 0 Å². The van der Waals surface area contributed by atoms with E-state index in [1.807, 2.05) is 36.4 Å². The fraction of sp³-hybridized carbons (Fsp3) is 0. The maximum absolute atomic E-state index is 5.13. The fourth-order valence-corrected chi connectivity index (χ4v) is 8.12. The van der Waals surface area contributed by atoms with Gasteiger partial charge in [-0.2, -0.15) is 0 Å². The van der Waals surface area contributed by atoms with Crippen LogP contribution in [0.15, 0.2) is 170 Å². The van der Waals surface area contributed by atoms with Crippen molar-refractivity contribution in [2.45, 2.75) is 0 Å². The summed E-state index contributed by atoms with van der Waals surface area (Å²) in [4.78, 5) is 15.2. The van der Waals surface area contributed by atoms with Crippen molar-refractivity contribution in [2.24, 2.45) is 0 Å². The molecular formula is C47H28N4. The van der Waals surface area contributed by atoms with Crippen molar-refractivity contribution in [3.63, 3.8) is 0 Å². The molecule has 9 aromatic carbocycles. The summed E-state index contributed by atoms with van der Waals surface area (Å²) in [5, 5.41) is 12.5. The SMILES string of the molecule is c1ccc(-c2nc(-c3ccccc3)nc(-c3cc(-n4c5cccc6c7ccccc7c7c8ccccc8cc4c7c65)c4ccccc4c3)n2)cc1. The molecule has 0 aliphatic rings. The lowest BCUT2D eigenvalue weighted by molar-refractivity contribution is 1.07. The number of aromatic nitrogens is 4. The van der Waals surface area contributed by atoms with Crippen LogP contribution in [0.4, 0.5) is 0 Å². The van der Waals surface area contributed by atoms with Gasteiger partial charge in [0.2, 0.25) is 0 Å². The van der Waals surface area contributed by atoms with Gasteiger partial charge in [0, 0.05) is 38.2 Å². The van der Waals surface area contributed by atoms with E-state index in [4.69, 9.17) is 15.0 Å². The van der Waals surface area contributed by atoms with Crippen LogP contribution in [0.3, 0.4) is 0 Å². The molecule has 0 aliphatic carbocycles. The first kappa shape index (κ1) is 28.0. The third kappa shape index (κ3) is 4.17. The average molecular weight is 649 g/mol. The van der Waals surface area contributed by atoms with Crippen LogP contribution >= 0.6 is 0 Å². The van der Waals surface area contributed by atoms with Crippen molar-refractivity contribution in [3.05, 3.63) is 170 Å². The molecule has 0 radical (unpaired) electrons. The van der Waals surface area contributed by atoms with Crippen molar-refractivity contribution in [3.8, 4) is 39.9 Å². The first-order chi connectivity index (χ1) is 25.3. The summed E-state index contributed by atoms with van der Waals surface area (Å²) in [5.74, 6) is 1.94. The molecule has 2 heterocycles. The van der Waals surface area contributed by atoms with E-state index in [1.54, 1.807) is 0 Å². The molecule has 0 saturated heterocycles. The molecule has 0 bridgehead atoms. The van der Waals surface area contributed by atoms with Gasteiger partial charge in [-0.15, -0.1) is 0 Å². The van der Waals surface area contributed by atoms with E-state index in [1.165, 1.54) is 54.1 Å². The van der Waals surface area contributed by atoms with Gasteiger partial charge in [0.25, 0.3) is 0 Å². The zero-order valence-corrected chi connectivity index (χ0v) is 27.5. The maximum Gasteiger partial charge on any atom is 0.164 e. The second-order valence-corrected chi connectivity index (χ2v) is 13.2. The zero-order chi connectivity index (χ0) is 33.5. The molecule has 236 valence electrons. The highest BCUT2D eigenvalue weighted by molar-refractivity contribution is 6.39. The lowest BCUT2D eigenvalue weighted by atomic mass is 9.91. The van der Waals surface area contributed by atoms with Crippen LogP contribution in [0.1, 0.15) is 0 Å². The number of nitrogens with zero attached hydrogens (tertiary/aromatic N) is 4. The van der Waals surface area contributed by atoms with Crippen molar-refractivity contribution in [2.75, 3.05) is 0 Å². The molecule has 0 spiro atoms. The number of hydrogen-bond donors (Lipinski definition) is 0. The molecular weight excluding hydrogens is 621 g/mol. The highest BCUT2D eigenvalue weighted by Gasteiger charge is 2.23. The Hall–Kier alpha value is -6.91. The summed E-state index contributed by atoms with van der Waals surface area (Å²) in [7, 11) is 0. The van der Waals surface area contributed by atoms with E-state index in [-0.39, 0.29) is 0 Å². The Labute approximate surface area is 293 Å².